The Bertz CT molecular complexity index is 437. The van der Waals surface area contributed by atoms with Crippen molar-refractivity contribution in [3.05, 3.63) is 18.2 Å². The van der Waals surface area contributed by atoms with Gasteiger partial charge in [-0.15, -0.1) is 0 Å². The van der Waals surface area contributed by atoms with Gasteiger partial charge in [-0.2, -0.15) is 0 Å². The summed E-state index contributed by atoms with van der Waals surface area (Å²) in [6.45, 7) is 6.22. The van der Waals surface area contributed by atoms with Crippen LogP contribution in [-0.4, -0.2) is 44.2 Å². The van der Waals surface area contributed by atoms with Crippen LogP contribution >= 0.6 is 0 Å². The minimum absolute atomic E-state index is 0.170. The van der Waals surface area contributed by atoms with Crippen molar-refractivity contribution in [2.75, 3.05) is 37.8 Å². The maximum atomic E-state index is 6.00. The number of nitrogens with zero attached hydrogens (tertiary/aromatic N) is 2. The van der Waals surface area contributed by atoms with Crippen LogP contribution in [0.1, 0.15) is 26.7 Å². The van der Waals surface area contributed by atoms with Crippen LogP contribution in [0.2, 0.25) is 0 Å². The molecule has 1 fully saturated rings. The van der Waals surface area contributed by atoms with E-state index < -0.39 is 0 Å². The second-order valence-electron chi connectivity index (χ2n) is 6.11. The van der Waals surface area contributed by atoms with E-state index in [-0.39, 0.29) is 6.10 Å². The number of ether oxygens (including phenoxy) is 1. The van der Waals surface area contributed by atoms with E-state index in [4.69, 9.17) is 10.5 Å². The van der Waals surface area contributed by atoms with Gasteiger partial charge in [0, 0.05) is 42.6 Å². The topological polar surface area (TPSA) is 41.7 Å². The third kappa shape index (κ3) is 3.79. The van der Waals surface area contributed by atoms with E-state index in [0.29, 0.717) is 6.04 Å². The van der Waals surface area contributed by atoms with Crippen molar-refractivity contribution in [1.82, 2.24) is 4.90 Å². The number of nitrogen functional groups attached to an aromatic ring is 1. The SMILES string of the molecule is CC(C)Oc1cc(N)cc(N2CCC(N(C)C)CC2)c1. The maximum absolute atomic E-state index is 6.00. The summed E-state index contributed by atoms with van der Waals surface area (Å²) < 4.78 is 5.77. The van der Waals surface area contributed by atoms with Gasteiger partial charge in [0.15, 0.2) is 0 Å². The molecule has 1 aliphatic rings. The Morgan fingerprint density at radius 2 is 1.85 bits per heavy atom. The molecule has 0 radical (unpaired) electrons. The van der Waals surface area contributed by atoms with Crippen molar-refractivity contribution in [1.29, 1.82) is 0 Å². The summed E-state index contributed by atoms with van der Waals surface area (Å²) in [7, 11) is 4.32. The standard InChI is InChI=1S/C16H27N3O/c1-12(2)20-16-10-13(17)9-15(11-16)19-7-5-14(6-8-19)18(3)4/h9-12,14H,5-8,17H2,1-4H3. The first-order valence-corrected chi connectivity index (χ1v) is 7.44. The van der Waals surface area contributed by atoms with Crippen molar-refractivity contribution in [2.24, 2.45) is 0 Å². The molecule has 2 N–H and O–H groups in total. The number of hydrogen-bond acceptors (Lipinski definition) is 4. The van der Waals surface area contributed by atoms with Gasteiger partial charge >= 0.3 is 0 Å². The maximum Gasteiger partial charge on any atom is 0.123 e. The molecule has 0 amide bonds. The fraction of sp³-hybridized carbons (Fsp3) is 0.625. The van der Waals surface area contributed by atoms with Crippen molar-refractivity contribution in [2.45, 2.75) is 38.8 Å². The van der Waals surface area contributed by atoms with Gasteiger partial charge in [-0.1, -0.05) is 0 Å². The lowest BCUT2D eigenvalue weighted by Crippen LogP contribution is -2.42. The smallest absolute Gasteiger partial charge is 0.123 e. The largest absolute Gasteiger partial charge is 0.491 e. The third-order valence-corrected chi connectivity index (χ3v) is 3.85. The fourth-order valence-electron chi connectivity index (χ4n) is 2.77. The molecule has 2 rings (SSSR count). The highest BCUT2D eigenvalue weighted by molar-refractivity contribution is 5.60. The average molecular weight is 277 g/mol. The Kier molecular flexibility index (Phi) is 4.76. The van der Waals surface area contributed by atoms with Crippen LogP contribution in [0.3, 0.4) is 0 Å². The molecular weight excluding hydrogens is 250 g/mol. The molecule has 0 spiro atoms. The normalized spacial score (nSPS) is 17.0. The van der Waals surface area contributed by atoms with E-state index in [9.17, 15) is 0 Å². The van der Waals surface area contributed by atoms with E-state index >= 15 is 0 Å². The highest BCUT2D eigenvalue weighted by atomic mass is 16.5. The minimum Gasteiger partial charge on any atom is -0.491 e. The van der Waals surface area contributed by atoms with Crippen molar-refractivity contribution in [3.8, 4) is 5.75 Å². The predicted octanol–water partition coefficient (Wildman–Crippen LogP) is 2.59. The predicted molar refractivity (Wildman–Crippen MR) is 85.5 cm³/mol. The summed E-state index contributed by atoms with van der Waals surface area (Å²) in [5.74, 6) is 0.865. The van der Waals surface area contributed by atoms with Gasteiger partial charge in [0.2, 0.25) is 0 Å². The number of hydrogen-bond donors (Lipinski definition) is 1. The van der Waals surface area contributed by atoms with Crippen LogP contribution in [0, 0.1) is 0 Å². The molecule has 1 saturated heterocycles. The van der Waals surface area contributed by atoms with Crippen molar-refractivity contribution < 1.29 is 4.74 Å². The molecule has 1 aromatic carbocycles. The summed E-state index contributed by atoms with van der Waals surface area (Å²) in [5, 5.41) is 0. The number of benzene rings is 1. The second kappa shape index (κ2) is 6.35. The summed E-state index contributed by atoms with van der Waals surface area (Å²) in [4.78, 5) is 4.73. The summed E-state index contributed by atoms with van der Waals surface area (Å²) in [6.07, 6.45) is 2.56. The molecule has 112 valence electrons. The minimum atomic E-state index is 0.170. The molecule has 1 heterocycles. The molecule has 0 saturated carbocycles. The second-order valence-corrected chi connectivity index (χ2v) is 6.11. The first-order chi connectivity index (χ1) is 9.45. The third-order valence-electron chi connectivity index (χ3n) is 3.85. The van der Waals surface area contributed by atoms with Gasteiger partial charge in [-0.05, 0) is 46.9 Å². The van der Waals surface area contributed by atoms with Crippen molar-refractivity contribution in [3.63, 3.8) is 0 Å². The zero-order chi connectivity index (χ0) is 14.7. The quantitative estimate of drug-likeness (QED) is 0.859. The van der Waals surface area contributed by atoms with Gasteiger partial charge in [-0.3, -0.25) is 0 Å². The zero-order valence-electron chi connectivity index (χ0n) is 13.1. The van der Waals surface area contributed by atoms with E-state index in [2.05, 4.69) is 30.0 Å². The molecule has 4 nitrogen and oxygen atoms in total. The van der Waals surface area contributed by atoms with E-state index in [1.807, 2.05) is 26.0 Å². The first kappa shape index (κ1) is 15.0. The van der Waals surface area contributed by atoms with Crippen LogP contribution < -0.4 is 15.4 Å². The summed E-state index contributed by atoms with van der Waals surface area (Å²) in [6, 6.07) is 6.74. The molecule has 1 aromatic rings. The zero-order valence-corrected chi connectivity index (χ0v) is 13.1. The average Bonchev–Trinajstić information content (AvgIpc) is 2.37. The Morgan fingerprint density at radius 3 is 2.40 bits per heavy atom. The molecular formula is C16H27N3O. The Balaban J connectivity index is 2.07. The number of rotatable bonds is 4. The Hall–Kier alpha value is -1.42. The van der Waals surface area contributed by atoms with Crippen molar-refractivity contribution >= 4 is 11.4 Å². The van der Waals surface area contributed by atoms with Gasteiger partial charge in [0.1, 0.15) is 5.75 Å². The van der Waals surface area contributed by atoms with Crippen LogP contribution in [0.4, 0.5) is 11.4 Å². The van der Waals surface area contributed by atoms with Crippen LogP contribution in [0.25, 0.3) is 0 Å². The lowest BCUT2D eigenvalue weighted by Gasteiger charge is -2.36. The summed E-state index contributed by atoms with van der Waals surface area (Å²) in [5.41, 5.74) is 7.95. The van der Waals surface area contributed by atoms with E-state index in [1.54, 1.807) is 0 Å². The summed E-state index contributed by atoms with van der Waals surface area (Å²) >= 11 is 0. The molecule has 0 aromatic heterocycles. The molecule has 0 aliphatic carbocycles. The Morgan fingerprint density at radius 1 is 1.20 bits per heavy atom. The molecule has 0 atom stereocenters. The Labute approximate surface area is 122 Å². The molecule has 1 aliphatic heterocycles. The lowest BCUT2D eigenvalue weighted by molar-refractivity contribution is 0.242. The highest BCUT2D eigenvalue weighted by Crippen LogP contribution is 2.28. The highest BCUT2D eigenvalue weighted by Gasteiger charge is 2.21. The van der Waals surface area contributed by atoms with Gasteiger partial charge in [0.25, 0.3) is 0 Å². The van der Waals surface area contributed by atoms with E-state index in [0.717, 1.165) is 24.5 Å². The molecule has 20 heavy (non-hydrogen) atoms. The van der Waals surface area contributed by atoms with Gasteiger partial charge < -0.3 is 20.3 Å². The monoisotopic (exact) mass is 277 g/mol. The van der Waals surface area contributed by atoms with E-state index in [1.165, 1.54) is 18.5 Å². The number of nitrogens with two attached hydrogens (primary N) is 1. The van der Waals surface area contributed by atoms with Crippen LogP contribution in [0.15, 0.2) is 18.2 Å². The van der Waals surface area contributed by atoms with Crippen LogP contribution in [0.5, 0.6) is 5.75 Å². The first-order valence-electron chi connectivity index (χ1n) is 7.44. The lowest BCUT2D eigenvalue weighted by atomic mass is 10.0. The molecule has 0 bridgehead atoms. The fourth-order valence-corrected chi connectivity index (χ4v) is 2.77. The van der Waals surface area contributed by atoms with Gasteiger partial charge in [0.05, 0.1) is 6.10 Å². The number of piperidine rings is 1. The number of anilines is 2. The molecule has 0 unspecified atom stereocenters. The van der Waals surface area contributed by atoms with Gasteiger partial charge in [-0.25, -0.2) is 0 Å². The van der Waals surface area contributed by atoms with Crippen LogP contribution in [-0.2, 0) is 0 Å². The molecule has 4 heteroatoms.